The lowest BCUT2D eigenvalue weighted by Crippen LogP contribution is -2.12. The van der Waals surface area contributed by atoms with Crippen LogP contribution in [-0.2, 0) is 14.6 Å². The molecular weight excluding hydrogens is 218 g/mol. The van der Waals surface area contributed by atoms with Crippen LogP contribution in [0.2, 0.25) is 0 Å². The lowest BCUT2D eigenvalue weighted by atomic mass is 10.3. The van der Waals surface area contributed by atoms with Gasteiger partial charge in [-0.05, 0) is 24.3 Å². The molecule has 0 radical (unpaired) electrons. The van der Waals surface area contributed by atoms with Gasteiger partial charge in [0.25, 0.3) is 0 Å². The summed E-state index contributed by atoms with van der Waals surface area (Å²) in [5, 5.41) is 11.0. The molecule has 1 aromatic rings. The smallest absolute Gasteiger partial charge is 0.322 e. The van der Waals surface area contributed by atoms with Gasteiger partial charge in [-0.25, -0.2) is 8.42 Å². The lowest BCUT2D eigenvalue weighted by molar-refractivity contribution is -0.134. The fourth-order valence-electron chi connectivity index (χ4n) is 0.998. The van der Waals surface area contributed by atoms with E-state index in [1.54, 1.807) is 0 Å². The SMILES string of the molecule is CS(=O)(=O)c1ccc(NCC(=O)O)cc1. The van der Waals surface area contributed by atoms with Gasteiger partial charge >= 0.3 is 5.97 Å². The second kappa shape index (κ2) is 4.31. The Balaban J connectivity index is 2.77. The summed E-state index contributed by atoms with van der Waals surface area (Å²) in [5.41, 5.74) is 0.574. The van der Waals surface area contributed by atoms with E-state index in [0.29, 0.717) is 5.69 Å². The second-order valence-corrected chi connectivity index (χ2v) is 5.06. The summed E-state index contributed by atoms with van der Waals surface area (Å²) in [5.74, 6) is -0.970. The molecule has 0 aliphatic rings. The average Bonchev–Trinajstić information content (AvgIpc) is 2.14. The molecule has 5 nitrogen and oxygen atoms in total. The maximum Gasteiger partial charge on any atom is 0.322 e. The molecule has 0 saturated carbocycles. The molecule has 1 rings (SSSR count). The highest BCUT2D eigenvalue weighted by Crippen LogP contribution is 2.13. The number of sulfone groups is 1. The van der Waals surface area contributed by atoms with Crippen LogP contribution in [0.1, 0.15) is 0 Å². The molecule has 0 aliphatic carbocycles. The molecule has 0 bridgehead atoms. The predicted octanol–water partition coefficient (Wildman–Crippen LogP) is 0.587. The van der Waals surface area contributed by atoms with Crippen LogP contribution < -0.4 is 5.32 Å². The molecule has 0 saturated heterocycles. The van der Waals surface area contributed by atoms with Gasteiger partial charge in [0.15, 0.2) is 9.84 Å². The first-order chi connectivity index (χ1) is 6.89. The number of anilines is 1. The molecule has 0 spiro atoms. The van der Waals surface area contributed by atoms with E-state index in [0.717, 1.165) is 6.26 Å². The Kier molecular flexibility index (Phi) is 3.31. The molecule has 6 heteroatoms. The topological polar surface area (TPSA) is 83.5 Å². The summed E-state index contributed by atoms with van der Waals surface area (Å²) in [6, 6.07) is 5.91. The van der Waals surface area contributed by atoms with Crippen LogP contribution in [0.4, 0.5) is 5.69 Å². The van der Waals surface area contributed by atoms with Crippen LogP contribution in [-0.4, -0.2) is 32.3 Å². The van der Waals surface area contributed by atoms with Gasteiger partial charge in [0.05, 0.1) is 4.90 Å². The molecule has 0 aromatic heterocycles. The number of carboxylic acids is 1. The quantitative estimate of drug-likeness (QED) is 0.789. The summed E-state index contributed by atoms with van der Waals surface area (Å²) in [4.78, 5) is 10.5. The molecule has 15 heavy (non-hydrogen) atoms. The number of hydrogen-bond donors (Lipinski definition) is 2. The fourth-order valence-corrected chi connectivity index (χ4v) is 1.63. The minimum Gasteiger partial charge on any atom is -0.480 e. The van der Waals surface area contributed by atoms with Crippen LogP contribution in [0.15, 0.2) is 29.2 Å². The summed E-state index contributed by atoms with van der Waals surface area (Å²) in [6.45, 7) is -0.196. The number of nitrogens with one attached hydrogen (secondary N) is 1. The van der Waals surface area contributed by atoms with Crippen molar-refractivity contribution in [3.63, 3.8) is 0 Å². The van der Waals surface area contributed by atoms with Gasteiger partial charge in [-0.1, -0.05) is 0 Å². The zero-order valence-electron chi connectivity index (χ0n) is 8.10. The first-order valence-electron chi connectivity index (χ1n) is 4.15. The summed E-state index contributed by atoms with van der Waals surface area (Å²) in [6.07, 6.45) is 1.12. The molecule has 0 aliphatic heterocycles. The van der Waals surface area contributed by atoms with E-state index >= 15 is 0 Å². The third-order valence-corrected chi connectivity index (χ3v) is 2.85. The van der Waals surface area contributed by atoms with Crippen LogP contribution >= 0.6 is 0 Å². The van der Waals surface area contributed by atoms with Crippen LogP contribution in [0, 0.1) is 0 Å². The minimum atomic E-state index is -3.19. The number of carboxylic acid groups (broad SMARTS) is 1. The fraction of sp³-hybridized carbons (Fsp3) is 0.222. The normalized spacial score (nSPS) is 11.0. The Morgan fingerprint density at radius 2 is 1.87 bits per heavy atom. The van der Waals surface area contributed by atoms with Crippen molar-refractivity contribution in [1.29, 1.82) is 0 Å². The van der Waals surface area contributed by atoms with E-state index in [2.05, 4.69) is 5.32 Å². The Hall–Kier alpha value is -1.56. The van der Waals surface area contributed by atoms with Gasteiger partial charge in [0.1, 0.15) is 6.54 Å². The van der Waals surface area contributed by atoms with Gasteiger partial charge in [0, 0.05) is 11.9 Å². The Bertz CT molecular complexity index is 450. The average molecular weight is 229 g/mol. The van der Waals surface area contributed by atoms with Crippen molar-refractivity contribution in [3.8, 4) is 0 Å². The Morgan fingerprint density at radius 3 is 2.27 bits per heavy atom. The van der Waals surface area contributed by atoms with E-state index < -0.39 is 15.8 Å². The van der Waals surface area contributed by atoms with Crippen molar-refractivity contribution < 1.29 is 18.3 Å². The van der Waals surface area contributed by atoms with E-state index in [-0.39, 0.29) is 11.4 Å². The zero-order valence-corrected chi connectivity index (χ0v) is 8.91. The Morgan fingerprint density at radius 1 is 1.33 bits per heavy atom. The van der Waals surface area contributed by atoms with Gasteiger partial charge in [-0.3, -0.25) is 4.79 Å². The molecule has 0 atom stereocenters. The standard InChI is InChI=1S/C9H11NO4S/c1-15(13,14)8-4-2-7(3-5-8)10-6-9(11)12/h2-5,10H,6H2,1H3,(H,11,12). The van der Waals surface area contributed by atoms with E-state index in [4.69, 9.17) is 5.11 Å². The lowest BCUT2D eigenvalue weighted by Gasteiger charge is -2.03. The maximum atomic E-state index is 11.1. The first-order valence-corrected chi connectivity index (χ1v) is 6.04. The minimum absolute atomic E-state index is 0.196. The zero-order chi connectivity index (χ0) is 11.5. The molecule has 2 N–H and O–H groups in total. The summed E-state index contributed by atoms with van der Waals surface area (Å²) < 4.78 is 22.2. The number of rotatable bonds is 4. The Labute approximate surface area is 87.7 Å². The van der Waals surface area contributed by atoms with Crippen molar-refractivity contribution in [1.82, 2.24) is 0 Å². The van der Waals surface area contributed by atoms with Crippen LogP contribution in [0.3, 0.4) is 0 Å². The summed E-state index contributed by atoms with van der Waals surface area (Å²) in [7, 11) is -3.19. The molecular formula is C9H11NO4S. The highest BCUT2D eigenvalue weighted by atomic mass is 32.2. The van der Waals surface area contributed by atoms with Crippen LogP contribution in [0.5, 0.6) is 0 Å². The maximum absolute atomic E-state index is 11.1. The van der Waals surface area contributed by atoms with Gasteiger partial charge in [-0.2, -0.15) is 0 Å². The van der Waals surface area contributed by atoms with E-state index in [1.165, 1.54) is 24.3 Å². The number of hydrogen-bond acceptors (Lipinski definition) is 4. The molecule has 82 valence electrons. The number of carbonyl (C=O) groups is 1. The third kappa shape index (κ3) is 3.59. The van der Waals surface area contributed by atoms with E-state index in [9.17, 15) is 13.2 Å². The monoisotopic (exact) mass is 229 g/mol. The summed E-state index contributed by atoms with van der Waals surface area (Å²) >= 11 is 0. The largest absolute Gasteiger partial charge is 0.480 e. The van der Waals surface area contributed by atoms with Crippen molar-refractivity contribution in [2.24, 2.45) is 0 Å². The highest BCUT2D eigenvalue weighted by molar-refractivity contribution is 7.90. The molecule has 0 unspecified atom stereocenters. The second-order valence-electron chi connectivity index (χ2n) is 3.04. The molecule has 0 fully saturated rings. The van der Waals surface area contributed by atoms with Crippen LogP contribution in [0.25, 0.3) is 0 Å². The van der Waals surface area contributed by atoms with Crippen molar-refractivity contribution in [2.45, 2.75) is 4.90 Å². The van der Waals surface area contributed by atoms with Gasteiger partial charge in [0.2, 0.25) is 0 Å². The van der Waals surface area contributed by atoms with Gasteiger partial charge in [-0.15, -0.1) is 0 Å². The first kappa shape index (κ1) is 11.5. The third-order valence-electron chi connectivity index (χ3n) is 1.73. The van der Waals surface area contributed by atoms with Crippen molar-refractivity contribution in [3.05, 3.63) is 24.3 Å². The predicted molar refractivity (Wildman–Crippen MR) is 55.7 cm³/mol. The van der Waals surface area contributed by atoms with E-state index in [1.807, 2.05) is 0 Å². The van der Waals surface area contributed by atoms with Crippen molar-refractivity contribution in [2.75, 3.05) is 18.1 Å². The van der Waals surface area contributed by atoms with Crippen molar-refractivity contribution >= 4 is 21.5 Å². The number of aliphatic carboxylic acids is 1. The molecule has 0 heterocycles. The molecule has 1 aromatic carbocycles. The molecule has 0 amide bonds. The highest BCUT2D eigenvalue weighted by Gasteiger charge is 2.05. The number of benzene rings is 1. The van der Waals surface area contributed by atoms with Gasteiger partial charge < -0.3 is 10.4 Å².